The van der Waals surface area contributed by atoms with E-state index in [0.717, 1.165) is 12.1 Å². The van der Waals surface area contributed by atoms with E-state index in [-0.39, 0.29) is 17.7 Å². The second-order valence-corrected chi connectivity index (χ2v) is 7.45. The molecular formula is C19H22F3N3O2. The van der Waals surface area contributed by atoms with Crippen LogP contribution in [0.4, 0.5) is 13.2 Å². The first-order valence-electron chi connectivity index (χ1n) is 8.66. The van der Waals surface area contributed by atoms with E-state index in [1.54, 1.807) is 11.8 Å². The van der Waals surface area contributed by atoms with Crippen LogP contribution in [0.15, 0.2) is 30.5 Å². The molecular weight excluding hydrogens is 359 g/mol. The Morgan fingerprint density at radius 2 is 2.04 bits per heavy atom. The zero-order valence-corrected chi connectivity index (χ0v) is 15.7. The van der Waals surface area contributed by atoms with Gasteiger partial charge in [-0.05, 0) is 45.9 Å². The molecule has 0 unspecified atom stereocenters. The van der Waals surface area contributed by atoms with Gasteiger partial charge in [0.2, 0.25) is 0 Å². The zero-order valence-electron chi connectivity index (χ0n) is 15.7. The number of carbonyl (C=O) groups is 1. The minimum atomic E-state index is -4.44. The molecule has 1 aromatic carbocycles. The van der Waals surface area contributed by atoms with Gasteiger partial charge in [-0.15, -0.1) is 0 Å². The van der Waals surface area contributed by atoms with Gasteiger partial charge in [-0.2, -0.15) is 18.3 Å². The molecule has 0 N–H and O–H groups in total. The highest BCUT2D eigenvalue weighted by atomic mass is 19.4. The number of amides is 1. The van der Waals surface area contributed by atoms with E-state index in [1.807, 2.05) is 20.8 Å². The van der Waals surface area contributed by atoms with Crippen LogP contribution >= 0.6 is 0 Å². The molecule has 27 heavy (non-hydrogen) atoms. The van der Waals surface area contributed by atoms with Gasteiger partial charge >= 0.3 is 6.18 Å². The van der Waals surface area contributed by atoms with Crippen LogP contribution in [0.25, 0.3) is 5.69 Å². The van der Waals surface area contributed by atoms with Gasteiger partial charge in [-0.1, -0.05) is 6.07 Å². The number of hydrogen-bond donors (Lipinski definition) is 0. The molecule has 146 valence electrons. The number of rotatable bonds is 2. The molecule has 2 heterocycles. The number of morpholine rings is 1. The molecule has 0 aliphatic carbocycles. The van der Waals surface area contributed by atoms with Crippen LogP contribution in [-0.2, 0) is 10.9 Å². The van der Waals surface area contributed by atoms with Crippen LogP contribution in [0, 0.1) is 6.92 Å². The third-order valence-electron chi connectivity index (χ3n) is 4.79. The summed E-state index contributed by atoms with van der Waals surface area (Å²) in [6.45, 7) is 8.28. The molecule has 1 aliphatic rings. The Morgan fingerprint density at radius 3 is 2.70 bits per heavy atom. The van der Waals surface area contributed by atoms with Crippen molar-refractivity contribution in [2.24, 2.45) is 0 Å². The minimum absolute atomic E-state index is 0.0826. The van der Waals surface area contributed by atoms with Crippen LogP contribution in [0.3, 0.4) is 0 Å². The number of benzene rings is 1. The summed E-state index contributed by atoms with van der Waals surface area (Å²) in [6, 6.07) is 4.89. The largest absolute Gasteiger partial charge is 0.416 e. The molecule has 0 saturated carbocycles. The van der Waals surface area contributed by atoms with E-state index in [0.29, 0.717) is 24.4 Å². The zero-order chi connectivity index (χ0) is 20.0. The predicted molar refractivity (Wildman–Crippen MR) is 93.8 cm³/mol. The third-order valence-corrected chi connectivity index (χ3v) is 4.79. The second kappa shape index (κ2) is 6.67. The highest BCUT2D eigenvalue weighted by Gasteiger charge is 2.38. The molecule has 1 fully saturated rings. The maximum atomic E-state index is 13.1. The Morgan fingerprint density at radius 1 is 1.33 bits per heavy atom. The number of alkyl halides is 3. The van der Waals surface area contributed by atoms with Gasteiger partial charge in [0.1, 0.15) is 0 Å². The maximum absolute atomic E-state index is 13.1. The monoisotopic (exact) mass is 381 g/mol. The Balaban J connectivity index is 1.95. The number of nitrogens with zero attached hydrogens (tertiary/aromatic N) is 3. The molecule has 0 radical (unpaired) electrons. The number of halogens is 3. The van der Waals surface area contributed by atoms with E-state index in [9.17, 15) is 18.0 Å². The molecule has 2 aromatic rings. The fraction of sp³-hybridized carbons (Fsp3) is 0.474. The summed E-state index contributed by atoms with van der Waals surface area (Å²) in [5.41, 5.74) is -0.111. The highest BCUT2D eigenvalue weighted by Crippen LogP contribution is 2.31. The fourth-order valence-corrected chi connectivity index (χ4v) is 3.18. The molecule has 1 amide bonds. The van der Waals surface area contributed by atoms with E-state index in [4.69, 9.17) is 4.74 Å². The molecule has 8 heteroatoms. The number of aromatic nitrogens is 2. The van der Waals surface area contributed by atoms with E-state index >= 15 is 0 Å². The van der Waals surface area contributed by atoms with Crippen LogP contribution in [0.2, 0.25) is 0 Å². The Labute approximate surface area is 155 Å². The Bertz CT molecular complexity index is 858. The van der Waals surface area contributed by atoms with Crippen LogP contribution in [0.5, 0.6) is 0 Å². The maximum Gasteiger partial charge on any atom is 0.416 e. The molecule has 0 bridgehead atoms. The average molecular weight is 381 g/mol. The molecule has 5 nitrogen and oxygen atoms in total. The highest BCUT2D eigenvalue weighted by molar-refractivity contribution is 5.95. The lowest BCUT2D eigenvalue weighted by molar-refractivity contribution is -0.137. The van der Waals surface area contributed by atoms with Gasteiger partial charge in [0.05, 0.1) is 47.0 Å². The summed E-state index contributed by atoms with van der Waals surface area (Å²) in [7, 11) is 0. The van der Waals surface area contributed by atoms with Crippen molar-refractivity contribution in [3.63, 3.8) is 0 Å². The minimum Gasteiger partial charge on any atom is -0.374 e. The lowest BCUT2D eigenvalue weighted by Gasteiger charge is -2.44. The van der Waals surface area contributed by atoms with Crippen LogP contribution in [-0.4, -0.2) is 45.4 Å². The van der Waals surface area contributed by atoms with Gasteiger partial charge in [0.25, 0.3) is 5.91 Å². The quantitative estimate of drug-likeness (QED) is 0.794. The topological polar surface area (TPSA) is 47.4 Å². The van der Waals surface area contributed by atoms with Gasteiger partial charge in [-0.25, -0.2) is 4.68 Å². The van der Waals surface area contributed by atoms with Crippen LogP contribution < -0.4 is 0 Å². The summed E-state index contributed by atoms with van der Waals surface area (Å²) in [4.78, 5) is 14.8. The van der Waals surface area contributed by atoms with E-state index < -0.39 is 17.3 Å². The van der Waals surface area contributed by atoms with E-state index in [2.05, 4.69) is 5.10 Å². The van der Waals surface area contributed by atoms with Gasteiger partial charge < -0.3 is 9.64 Å². The summed E-state index contributed by atoms with van der Waals surface area (Å²) >= 11 is 0. The lowest BCUT2D eigenvalue weighted by atomic mass is 9.99. The van der Waals surface area contributed by atoms with Crippen molar-refractivity contribution in [1.29, 1.82) is 0 Å². The first-order chi connectivity index (χ1) is 12.5. The summed E-state index contributed by atoms with van der Waals surface area (Å²) < 4.78 is 45.9. The molecule has 1 atom stereocenters. The normalized spacial score (nSPS) is 20.0. The third kappa shape index (κ3) is 3.71. The predicted octanol–water partition coefficient (Wildman–Crippen LogP) is 3.84. The number of hydrogen-bond acceptors (Lipinski definition) is 3. The summed E-state index contributed by atoms with van der Waals surface area (Å²) in [6.07, 6.45) is -3.11. The van der Waals surface area contributed by atoms with Crippen molar-refractivity contribution >= 4 is 5.91 Å². The van der Waals surface area contributed by atoms with Gasteiger partial charge in [0.15, 0.2) is 0 Å². The first-order valence-corrected chi connectivity index (χ1v) is 8.66. The van der Waals surface area contributed by atoms with Crippen LogP contribution in [0.1, 0.15) is 42.4 Å². The fourth-order valence-electron chi connectivity index (χ4n) is 3.18. The number of ether oxygens (including phenoxy) is 1. The van der Waals surface area contributed by atoms with Crippen molar-refractivity contribution in [3.05, 3.63) is 47.3 Å². The van der Waals surface area contributed by atoms with Crippen molar-refractivity contribution in [1.82, 2.24) is 14.7 Å². The molecule has 0 spiro atoms. The van der Waals surface area contributed by atoms with Crippen molar-refractivity contribution in [2.45, 2.75) is 45.5 Å². The Kier molecular flexibility index (Phi) is 4.80. The molecule has 1 aromatic heterocycles. The molecule has 1 aliphatic heterocycles. The SMILES string of the molecule is Cc1c(C(=O)N2C[C@@H](C)OCC2(C)C)cnn1-c1cccc(C(F)(F)F)c1. The number of carbonyl (C=O) groups excluding carboxylic acids is 1. The standard InChI is InChI=1S/C19H22F3N3O2/c1-12-10-24(18(3,4)11-27-12)17(26)16-9-23-25(13(16)2)15-7-5-6-14(8-15)19(20,21)22/h5-9,12H,10-11H2,1-4H3/t12-/m1/s1. The average Bonchev–Trinajstić information content (AvgIpc) is 2.97. The smallest absolute Gasteiger partial charge is 0.374 e. The Hall–Kier alpha value is -2.35. The van der Waals surface area contributed by atoms with Crippen molar-refractivity contribution in [3.8, 4) is 5.69 Å². The first kappa shape index (κ1) is 19.4. The lowest BCUT2D eigenvalue weighted by Crippen LogP contribution is -2.57. The molecule has 1 saturated heterocycles. The molecule has 3 rings (SSSR count). The second-order valence-electron chi connectivity index (χ2n) is 7.45. The summed E-state index contributed by atoms with van der Waals surface area (Å²) in [5.74, 6) is -0.203. The van der Waals surface area contributed by atoms with Gasteiger partial charge in [-0.3, -0.25) is 4.79 Å². The van der Waals surface area contributed by atoms with E-state index in [1.165, 1.54) is 23.0 Å². The van der Waals surface area contributed by atoms with Crippen molar-refractivity contribution < 1.29 is 22.7 Å². The van der Waals surface area contributed by atoms with Gasteiger partial charge in [0, 0.05) is 6.54 Å². The summed E-state index contributed by atoms with van der Waals surface area (Å²) in [5, 5.41) is 4.16. The van der Waals surface area contributed by atoms with Crippen molar-refractivity contribution in [2.75, 3.05) is 13.2 Å².